The van der Waals surface area contributed by atoms with Crippen molar-refractivity contribution in [2.24, 2.45) is 5.41 Å². The minimum absolute atomic E-state index is 0.00863. The normalized spacial score (nSPS) is 11.8. The molecule has 0 atom stereocenters. The Kier molecular flexibility index (Phi) is 5.76. The van der Waals surface area contributed by atoms with Gasteiger partial charge in [0.2, 0.25) is 0 Å². The van der Waals surface area contributed by atoms with Gasteiger partial charge in [-0.1, -0.05) is 0 Å². The van der Waals surface area contributed by atoms with Crippen LogP contribution in [0.1, 0.15) is 30.6 Å². The number of aliphatic carboxylic acids is 1. The lowest BCUT2D eigenvalue weighted by Crippen LogP contribution is -2.32. The third-order valence-corrected chi connectivity index (χ3v) is 4.57. The van der Waals surface area contributed by atoms with Crippen molar-refractivity contribution in [2.75, 3.05) is 19.9 Å². The molecule has 8 heteroatoms. The molecular formula is C15H21NO6S. The highest BCUT2D eigenvalue weighted by Crippen LogP contribution is 2.23. The van der Waals surface area contributed by atoms with Crippen LogP contribution in [0.15, 0.2) is 23.1 Å². The van der Waals surface area contributed by atoms with Crippen LogP contribution >= 0.6 is 0 Å². The monoisotopic (exact) mass is 343 g/mol. The van der Waals surface area contributed by atoms with Gasteiger partial charge >= 0.3 is 5.97 Å². The van der Waals surface area contributed by atoms with Gasteiger partial charge in [0.1, 0.15) is 5.75 Å². The molecule has 0 saturated carbocycles. The first-order valence-corrected chi connectivity index (χ1v) is 8.78. The molecule has 2 N–H and O–H groups in total. The number of carbonyl (C=O) groups excluding carboxylic acids is 1. The van der Waals surface area contributed by atoms with Gasteiger partial charge in [0, 0.05) is 12.8 Å². The Labute approximate surface area is 135 Å². The van der Waals surface area contributed by atoms with E-state index in [1.54, 1.807) is 13.8 Å². The predicted molar refractivity (Wildman–Crippen MR) is 84.5 cm³/mol. The molecule has 0 aromatic heterocycles. The molecule has 0 fully saturated rings. The highest BCUT2D eigenvalue weighted by Gasteiger charge is 2.27. The van der Waals surface area contributed by atoms with Crippen molar-refractivity contribution in [3.05, 3.63) is 23.8 Å². The average molecular weight is 343 g/mol. The van der Waals surface area contributed by atoms with E-state index in [0.29, 0.717) is 0 Å². The van der Waals surface area contributed by atoms with Crippen LogP contribution in [-0.4, -0.2) is 45.3 Å². The fourth-order valence-electron chi connectivity index (χ4n) is 1.79. The zero-order chi connectivity index (χ0) is 17.8. The molecule has 23 heavy (non-hydrogen) atoms. The Hall–Kier alpha value is -2.09. The minimum atomic E-state index is -3.45. The van der Waals surface area contributed by atoms with E-state index in [9.17, 15) is 18.0 Å². The number of rotatable bonds is 7. The number of sulfone groups is 1. The van der Waals surface area contributed by atoms with Crippen molar-refractivity contribution in [3.63, 3.8) is 0 Å². The van der Waals surface area contributed by atoms with Gasteiger partial charge in [0.05, 0.1) is 23.0 Å². The second kappa shape index (κ2) is 6.99. The van der Waals surface area contributed by atoms with E-state index in [2.05, 4.69) is 5.32 Å². The molecule has 0 aliphatic carbocycles. The summed E-state index contributed by atoms with van der Waals surface area (Å²) in [5.41, 5.74) is -0.880. The molecule has 1 rings (SSSR count). The van der Waals surface area contributed by atoms with Crippen LogP contribution in [0.3, 0.4) is 0 Å². The lowest BCUT2D eigenvalue weighted by atomic mass is 9.90. The number of amides is 1. The van der Waals surface area contributed by atoms with E-state index in [1.165, 1.54) is 25.3 Å². The van der Waals surface area contributed by atoms with E-state index < -0.39 is 27.1 Å². The topological polar surface area (TPSA) is 110 Å². The Balaban J connectivity index is 2.93. The molecular weight excluding hydrogens is 322 g/mol. The number of carboxylic acid groups (broad SMARTS) is 1. The van der Waals surface area contributed by atoms with Gasteiger partial charge in [-0.05, 0) is 38.5 Å². The van der Waals surface area contributed by atoms with Crippen LogP contribution in [0.25, 0.3) is 0 Å². The Morgan fingerprint density at radius 1 is 1.30 bits per heavy atom. The highest BCUT2D eigenvalue weighted by molar-refractivity contribution is 7.90. The number of benzene rings is 1. The second-order valence-electron chi connectivity index (χ2n) is 5.83. The van der Waals surface area contributed by atoms with E-state index >= 15 is 0 Å². The molecule has 128 valence electrons. The van der Waals surface area contributed by atoms with Crippen molar-refractivity contribution >= 4 is 21.7 Å². The van der Waals surface area contributed by atoms with Crippen LogP contribution in [-0.2, 0) is 14.6 Å². The van der Waals surface area contributed by atoms with Crippen molar-refractivity contribution in [1.29, 1.82) is 0 Å². The maximum Gasteiger partial charge on any atom is 0.309 e. The Morgan fingerprint density at radius 3 is 2.39 bits per heavy atom. The van der Waals surface area contributed by atoms with E-state index in [1.807, 2.05) is 0 Å². The highest BCUT2D eigenvalue weighted by atomic mass is 32.2. The summed E-state index contributed by atoms with van der Waals surface area (Å²) in [6.07, 6.45) is 1.29. The average Bonchev–Trinajstić information content (AvgIpc) is 2.45. The van der Waals surface area contributed by atoms with E-state index in [0.717, 1.165) is 6.26 Å². The van der Waals surface area contributed by atoms with Crippen molar-refractivity contribution < 1.29 is 27.9 Å². The summed E-state index contributed by atoms with van der Waals surface area (Å²) in [6, 6.07) is 4.01. The predicted octanol–water partition coefficient (Wildman–Crippen LogP) is 1.33. The van der Waals surface area contributed by atoms with Crippen LogP contribution in [0.2, 0.25) is 0 Å². The minimum Gasteiger partial charge on any atom is -0.496 e. The van der Waals surface area contributed by atoms with Crippen LogP contribution in [0, 0.1) is 5.41 Å². The third-order valence-electron chi connectivity index (χ3n) is 3.46. The molecule has 0 aliphatic rings. The number of nitrogens with one attached hydrogen (secondary N) is 1. The SMILES string of the molecule is COc1ccc(S(C)(=O)=O)cc1C(=O)NCCC(C)(C)C(=O)O. The summed E-state index contributed by atoms with van der Waals surface area (Å²) < 4.78 is 28.2. The molecule has 0 spiro atoms. The van der Waals surface area contributed by atoms with Gasteiger partial charge in [-0.2, -0.15) is 0 Å². The standard InChI is InChI=1S/C15H21NO6S/c1-15(2,14(18)19)7-8-16-13(17)11-9-10(23(4,20)21)5-6-12(11)22-3/h5-6,9H,7-8H2,1-4H3,(H,16,17)(H,18,19). The van der Waals surface area contributed by atoms with E-state index in [4.69, 9.17) is 9.84 Å². The molecule has 0 heterocycles. The van der Waals surface area contributed by atoms with Gasteiger partial charge in [-0.3, -0.25) is 9.59 Å². The first-order chi connectivity index (χ1) is 10.5. The molecule has 0 aliphatic heterocycles. The van der Waals surface area contributed by atoms with E-state index in [-0.39, 0.29) is 29.2 Å². The fraction of sp³-hybridized carbons (Fsp3) is 0.467. The molecule has 0 saturated heterocycles. The molecule has 7 nitrogen and oxygen atoms in total. The first-order valence-electron chi connectivity index (χ1n) is 6.89. The molecule has 0 bridgehead atoms. The second-order valence-corrected chi connectivity index (χ2v) is 7.84. The first kappa shape index (κ1) is 19.0. The van der Waals surface area contributed by atoms with Crippen molar-refractivity contribution in [1.82, 2.24) is 5.32 Å². The fourth-order valence-corrected chi connectivity index (χ4v) is 2.43. The van der Waals surface area contributed by atoms with Crippen LogP contribution in [0.5, 0.6) is 5.75 Å². The van der Waals surface area contributed by atoms with Crippen LogP contribution in [0.4, 0.5) is 0 Å². The number of ether oxygens (including phenoxy) is 1. The number of hydrogen-bond donors (Lipinski definition) is 2. The van der Waals surface area contributed by atoms with Gasteiger partial charge in [-0.15, -0.1) is 0 Å². The van der Waals surface area contributed by atoms with Gasteiger partial charge in [0.15, 0.2) is 9.84 Å². The maximum absolute atomic E-state index is 12.2. The molecule has 1 aromatic carbocycles. The van der Waals surface area contributed by atoms with Gasteiger partial charge in [0.25, 0.3) is 5.91 Å². The summed E-state index contributed by atoms with van der Waals surface area (Å²) >= 11 is 0. The van der Waals surface area contributed by atoms with Gasteiger partial charge in [-0.25, -0.2) is 8.42 Å². The van der Waals surface area contributed by atoms with Crippen molar-refractivity contribution in [2.45, 2.75) is 25.2 Å². The summed E-state index contributed by atoms with van der Waals surface area (Å²) in [7, 11) is -2.08. The third kappa shape index (κ3) is 4.95. The molecule has 0 radical (unpaired) electrons. The lowest BCUT2D eigenvalue weighted by molar-refractivity contribution is -0.147. The quantitative estimate of drug-likeness (QED) is 0.773. The Bertz CT molecular complexity index is 709. The largest absolute Gasteiger partial charge is 0.496 e. The lowest BCUT2D eigenvalue weighted by Gasteiger charge is -2.19. The summed E-state index contributed by atoms with van der Waals surface area (Å²) in [5, 5.41) is 11.6. The Morgan fingerprint density at radius 2 is 1.91 bits per heavy atom. The van der Waals surface area contributed by atoms with Gasteiger partial charge < -0.3 is 15.2 Å². The molecule has 1 aromatic rings. The number of carbonyl (C=O) groups is 2. The number of carboxylic acids is 1. The zero-order valence-electron chi connectivity index (χ0n) is 13.5. The van der Waals surface area contributed by atoms with Crippen molar-refractivity contribution in [3.8, 4) is 5.75 Å². The summed E-state index contributed by atoms with van der Waals surface area (Å²) in [5.74, 6) is -1.23. The smallest absolute Gasteiger partial charge is 0.309 e. The van der Waals surface area contributed by atoms with Crippen LogP contribution < -0.4 is 10.1 Å². The molecule has 0 unspecified atom stereocenters. The number of hydrogen-bond acceptors (Lipinski definition) is 5. The number of methoxy groups -OCH3 is 1. The molecule has 1 amide bonds. The summed E-state index contributed by atoms with van der Waals surface area (Å²) in [4.78, 5) is 23.3. The zero-order valence-corrected chi connectivity index (χ0v) is 14.4. The maximum atomic E-state index is 12.2. The summed E-state index contributed by atoms with van der Waals surface area (Å²) in [6.45, 7) is 3.27.